The van der Waals surface area contributed by atoms with E-state index in [4.69, 9.17) is 8.83 Å². The molecule has 0 saturated heterocycles. The monoisotopic (exact) mass is 438 g/mol. The van der Waals surface area contributed by atoms with Crippen molar-refractivity contribution in [2.45, 2.75) is 0 Å². The average Bonchev–Trinajstić information content (AvgIpc) is 3.56. The zero-order valence-electron chi connectivity index (χ0n) is 18.5. The molecule has 0 aliphatic carbocycles. The van der Waals surface area contributed by atoms with E-state index in [2.05, 4.69) is 60.7 Å². The molecule has 2 nitrogen and oxygen atoms in total. The quantitative estimate of drug-likeness (QED) is 0.268. The molecule has 0 N–H and O–H groups in total. The summed E-state index contributed by atoms with van der Waals surface area (Å²) in [5.74, 6) is 3.08. The van der Waals surface area contributed by atoms with Gasteiger partial charge in [-0.05, 0) is 23.3 Å². The molecule has 0 spiro atoms. The van der Waals surface area contributed by atoms with Gasteiger partial charge in [0.25, 0.3) is 0 Å². The van der Waals surface area contributed by atoms with E-state index in [0.717, 1.165) is 56.4 Å². The molecule has 6 aromatic rings. The van der Waals surface area contributed by atoms with E-state index >= 15 is 0 Å². The molecule has 0 bridgehead atoms. The molecule has 0 atom stereocenters. The summed E-state index contributed by atoms with van der Waals surface area (Å²) in [6.07, 6.45) is 0. The molecule has 6 rings (SSSR count). The molecule has 162 valence electrons. The molecule has 0 unspecified atom stereocenters. The van der Waals surface area contributed by atoms with Crippen LogP contribution in [0.15, 0.2) is 142 Å². The van der Waals surface area contributed by atoms with Gasteiger partial charge in [-0.1, -0.05) is 121 Å². The van der Waals surface area contributed by atoms with Gasteiger partial charge in [0.05, 0.1) is 0 Å². The van der Waals surface area contributed by atoms with Crippen LogP contribution in [0.4, 0.5) is 0 Å². The first-order chi connectivity index (χ1) is 16.9. The summed E-state index contributed by atoms with van der Waals surface area (Å²) in [5, 5.41) is 0. The van der Waals surface area contributed by atoms with E-state index in [9.17, 15) is 0 Å². The normalized spacial score (nSPS) is 10.9. The Labute approximate surface area is 198 Å². The Balaban J connectivity index is 1.61. The summed E-state index contributed by atoms with van der Waals surface area (Å²) in [6.45, 7) is 0. The number of furan rings is 2. The lowest BCUT2D eigenvalue weighted by atomic mass is 9.99. The van der Waals surface area contributed by atoms with Gasteiger partial charge in [-0.25, -0.2) is 0 Å². The van der Waals surface area contributed by atoms with Crippen molar-refractivity contribution in [3.63, 3.8) is 0 Å². The van der Waals surface area contributed by atoms with Crippen molar-refractivity contribution >= 4 is 0 Å². The molecule has 0 fully saturated rings. The molecule has 0 radical (unpaired) electrons. The molecular formula is C32H22O2. The SMILES string of the molecule is c1ccc(-c2cc(-c3ccccc3)c(-c3oc(-c4ccccc4)cc3-c3ccccc3)o2)cc1. The fourth-order valence-corrected chi connectivity index (χ4v) is 4.27. The lowest BCUT2D eigenvalue weighted by molar-refractivity contribution is 0.540. The summed E-state index contributed by atoms with van der Waals surface area (Å²) < 4.78 is 13.1. The minimum atomic E-state index is 0.728. The Hall–Kier alpha value is -4.56. The van der Waals surface area contributed by atoms with E-state index in [-0.39, 0.29) is 0 Å². The van der Waals surface area contributed by atoms with Gasteiger partial charge < -0.3 is 8.83 Å². The van der Waals surface area contributed by atoms with E-state index < -0.39 is 0 Å². The lowest BCUT2D eigenvalue weighted by Gasteiger charge is -2.04. The molecule has 0 aliphatic heterocycles. The first-order valence-electron chi connectivity index (χ1n) is 11.4. The van der Waals surface area contributed by atoms with Crippen molar-refractivity contribution in [3.8, 4) is 56.4 Å². The van der Waals surface area contributed by atoms with Crippen LogP contribution in [0.25, 0.3) is 56.4 Å². The highest BCUT2D eigenvalue weighted by molar-refractivity contribution is 5.90. The van der Waals surface area contributed by atoms with Crippen molar-refractivity contribution in [2.24, 2.45) is 0 Å². The van der Waals surface area contributed by atoms with Crippen LogP contribution in [0.5, 0.6) is 0 Å². The number of hydrogen-bond donors (Lipinski definition) is 0. The van der Waals surface area contributed by atoms with Gasteiger partial charge >= 0.3 is 0 Å². The summed E-state index contributed by atoms with van der Waals surface area (Å²) in [6, 6.07) is 45.2. The fourth-order valence-electron chi connectivity index (χ4n) is 4.27. The predicted octanol–water partition coefficient (Wildman–Crippen LogP) is 9.21. The van der Waals surface area contributed by atoms with Crippen LogP contribution < -0.4 is 0 Å². The molecule has 0 amide bonds. The number of hydrogen-bond acceptors (Lipinski definition) is 2. The molecule has 0 saturated carbocycles. The molecule has 2 aromatic heterocycles. The molecule has 34 heavy (non-hydrogen) atoms. The van der Waals surface area contributed by atoms with Gasteiger partial charge in [-0.3, -0.25) is 0 Å². The van der Waals surface area contributed by atoms with Crippen LogP contribution in [-0.2, 0) is 0 Å². The first kappa shape index (κ1) is 20.1. The predicted molar refractivity (Wildman–Crippen MR) is 138 cm³/mol. The van der Waals surface area contributed by atoms with Crippen molar-refractivity contribution in [1.29, 1.82) is 0 Å². The Bertz CT molecular complexity index is 1390. The van der Waals surface area contributed by atoms with Crippen molar-refractivity contribution in [1.82, 2.24) is 0 Å². The van der Waals surface area contributed by atoms with E-state index in [1.807, 2.05) is 72.8 Å². The zero-order chi connectivity index (χ0) is 22.7. The lowest BCUT2D eigenvalue weighted by Crippen LogP contribution is -1.81. The average molecular weight is 439 g/mol. The Morgan fingerprint density at radius 2 is 0.618 bits per heavy atom. The Kier molecular flexibility index (Phi) is 5.17. The highest BCUT2D eigenvalue weighted by Gasteiger charge is 2.24. The van der Waals surface area contributed by atoms with E-state index in [0.29, 0.717) is 0 Å². The molecule has 4 aromatic carbocycles. The topological polar surface area (TPSA) is 26.3 Å². The van der Waals surface area contributed by atoms with Crippen LogP contribution in [0.2, 0.25) is 0 Å². The summed E-state index contributed by atoms with van der Waals surface area (Å²) >= 11 is 0. The zero-order valence-corrected chi connectivity index (χ0v) is 18.5. The van der Waals surface area contributed by atoms with Gasteiger partial charge in [0.2, 0.25) is 0 Å². The minimum absolute atomic E-state index is 0.728. The maximum absolute atomic E-state index is 6.56. The standard InChI is InChI=1S/C32H22O2/c1-5-13-23(14-6-1)27-21-29(25-17-9-3-10-18-25)33-31(27)32-28(24-15-7-2-8-16-24)22-30(34-32)26-19-11-4-12-20-26/h1-22H. The van der Waals surface area contributed by atoms with E-state index in [1.54, 1.807) is 0 Å². The Morgan fingerprint density at radius 1 is 0.324 bits per heavy atom. The third-order valence-electron chi connectivity index (χ3n) is 5.96. The fraction of sp³-hybridized carbons (Fsp3) is 0. The van der Waals surface area contributed by atoms with Crippen LogP contribution >= 0.6 is 0 Å². The van der Waals surface area contributed by atoms with Crippen molar-refractivity contribution in [2.75, 3.05) is 0 Å². The second-order valence-corrected chi connectivity index (χ2v) is 8.17. The Morgan fingerprint density at radius 3 is 0.941 bits per heavy atom. The van der Waals surface area contributed by atoms with Gasteiger partial charge in [0.1, 0.15) is 11.5 Å². The van der Waals surface area contributed by atoms with Gasteiger partial charge in [0.15, 0.2) is 11.5 Å². The first-order valence-corrected chi connectivity index (χ1v) is 11.4. The second-order valence-electron chi connectivity index (χ2n) is 8.17. The summed E-state index contributed by atoms with van der Waals surface area (Å²) in [5.41, 5.74) is 6.24. The van der Waals surface area contributed by atoms with Crippen LogP contribution in [0, 0.1) is 0 Å². The van der Waals surface area contributed by atoms with Crippen LogP contribution in [0.1, 0.15) is 0 Å². The number of rotatable bonds is 5. The van der Waals surface area contributed by atoms with Crippen molar-refractivity contribution < 1.29 is 8.83 Å². The molecule has 2 heterocycles. The largest absolute Gasteiger partial charge is 0.452 e. The van der Waals surface area contributed by atoms with Crippen LogP contribution in [0.3, 0.4) is 0 Å². The molecule has 2 heteroatoms. The van der Waals surface area contributed by atoms with Gasteiger partial charge in [-0.15, -0.1) is 0 Å². The third-order valence-corrected chi connectivity index (χ3v) is 5.96. The second kappa shape index (κ2) is 8.76. The summed E-state index contributed by atoms with van der Waals surface area (Å²) in [4.78, 5) is 0. The highest BCUT2D eigenvalue weighted by Crippen LogP contribution is 2.45. The number of benzene rings is 4. The smallest absolute Gasteiger partial charge is 0.178 e. The maximum atomic E-state index is 6.56. The minimum Gasteiger partial charge on any atom is -0.452 e. The van der Waals surface area contributed by atoms with Gasteiger partial charge in [-0.2, -0.15) is 0 Å². The maximum Gasteiger partial charge on any atom is 0.178 e. The third kappa shape index (κ3) is 3.76. The van der Waals surface area contributed by atoms with Crippen LogP contribution in [-0.4, -0.2) is 0 Å². The van der Waals surface area contributed by atoms with E-state index in [1.165, 1.54) is 0 Å². The molecular weight excluding hydrogens is 416 g/mol. The highest BCUT2D eigenvalue weighted by atomic mass is 16.4. The van der Waals surface area contributed by atoms with Crippen molar-refractivity contribution in [3.05, 3.63) is 133 Å². The molecule has 0 aliphatic rings. The van der Waals surface area contributed by atoms with Gasteiger partial charge in [0, 0.05) is 22.3 Å². The summed E-state index contributed by atoms with van der Waals surface area (Å²) in [7, 11) is 0.